The lowest BCUT2D eigenvalue weighted by Crippen LogP contribution is -2.00. The summed E-state index contributed by atoms with van der Waals surface area (Å²) in [4.78, 5) is 18.9. The molecule has 0 fully saturated rings. The second kappa shape index (κ2) is 5.23. The van der Waals surface area contributed by atoms with Crippen molar-refractivity contribution in [1.82, 2.24) is 9.97 Å². The van der Waals surface area contributed by atoms with Crippen molar-refractivity contribution in [2.75, 3.05) is 0 Å². The van der Waals surface area contributed by atoms with Crippen LogP contribution in [0.4, 0.5) is 4.39 Å². The maximum Gasteiger partial charge on any atom is 0.196 e. The summed E-state index contributed by atoms with van der Waals surface area (Å²) in [6.45, 7) is 0.815. The molecule has 1 aromatic carbocycles. The molecule has 0 N–H and O–H groups in total. The molecule has 2 rings (SSSR count). The molecular weight excluding hydrogens is 255 g/mol. The van der Waals surface area contributed by atoms with Gasteiger partial charge in [-0.15, -0.1) is 0 Å². The third-order valence-electron chi connectivity index (χ3n) is 2.41. The molecule has 0 unspecified atom stereocenters. The Morgan fingerprint density at radius 3 is 2.44 bits per heavy atom. The minimum atomic E-state index is -0.583. The number of carbonyl (C=O) groups is 1. The molecule has 0 saturated heterocycles. The third kappa shape index (κ3) is 2.71. The summed E-state index contributed by atoms with van der Waals surface area (Å²) in [6.07, 6.45) is 3.05. The molecule has 3 nitrogen and oxygen atoms in total. The van der Waals surface area contributed by atoms with Gasteiger partial charge in [-0.05, 0) is 29.3 Å². The lowest BCUT2D eigenvalue weighted by atomic mass is 10.1. The molecule has 0 saturated carbocycles. The first-order chi connectivity index (χ1) is 8.60. The zero-order valence-electron chi connectivity index (χ0n) is 9.65. The van der Waals surface area contributed by atoms with Crippen LogP contribution in [0.3, 0.4) is 0 Å². The molecule has 92 valence electrons. The fraction of sp³-hybridized carbons (Fsp3) is 0.154. The van der Waals surface area contributed by atoms with Gasteiger partial charge in [-0.1, -0.05) is 11.6 Å². The number of aromatic nitrogens is 2. The fourth-order valence-electron chi connectivity index (χ4n) is 1.55. The molecule has 0 radical (unpaired) electrons. The topological polar surface area (TPSA) is 42.9 Å². The molecule has 0 bridgehead atoms. The smallest absolute Gasteiger partial charge is 0.196 e. The minimum absolute atomic E-state index is 0.159. The number of ketones is 1. The van der Waals surface area contributed by atoms with Crippen LogP contribution >= 0.6 is 11.6 Å². The van der Waals surface area contributed by atoms with E-state index in [1.807, 2.05) is 0 Å². The van der Waals surface area contributed by atoms with Gasteiger partial charge in [0.15, 0.2) is 11.6 Å². The molecule has 5 heteroatoms. The van der Waals surface area contributed by atoms with Gasteiger partial charge < -0.3 is 0 Å². The highest BCUT2D eigenvalue weighted by Crippen LogP contribution is 2.24. The maximum atomic E-state index is 12.6. The van der Waals surface area contributed by atoms with Crippen LogP contribution in [0.1, 0.15) is 23.1 Å². The van der Waals surface area contributed by atoms with E-state index < -0.39 is 6.67 Å². The van der Waals surface area contributed by atoms with Gasteiger partial charge >= 0.3 is 0 Å². The van der Waals surface area contributed by atoms with E-state index >= 15 is 0 Å². The van der Waals surface area contributed by atoms with Crippen molar-refractivity contribution < 1.29 is 9.18 Å². The predicted octanol–water partition coefficient (Wildman–Crippen LogP) is 3.47. The summed E-state index contributed by atoms with van der Waals surface area (Å²) >= 11 is 5.90. The van der Waals surface area contributed by atoms with E-state index in [2.05, 4.69) is 9.97 Å². The van der Waals surface area contributed by atoms with Crippen LogP contribution < -0.4 is 0 Å². The Kier molecular flexibility index (Phi) is 3.67. The Hall–Kier alpha value is -1.81. The zero-order chi connectivity index (χ0) is 13.1. The van der Waals surface area contributed by atoms with Crippen LogP contribution in [-0.4, -0.2) is 15.8 Å². The van der Waals surface area contributed by atoms with Crippen LogP contribution in [0.15, 0.2) is 30.6 Å². The number of alkyl halides is 1. The Labute approximate surface area is 109 Å². The van der Waals surface area contributed by atoms with Gasteiger partial charge in [0, 0.05) is 29.9 Å². The molecule has 0 aliphatic heterocycles. The molecule has 18 heavy (non-hydrogen) atoms. The highest BCUT2D eigenvalue weighted by molar-refractivity contribution is 6.30. The quantitative estimate of drug-likeness (QED) is 0.797. The minimum Gasteiger partial charge on any atom is -0.291 e. The monoisotopic (exact) mass is 264 g/mol. The van der Waals surface area contributed by atoms with Crippen LogP contribution in [0.2, 0.25) is 5.02 Å². The highest BCUT2D eigenvalue weighted by Gasteiger charge is 2.06. The molecule has 1 aromatic heterocycles. The number of hydrogen-bond donors (Lipinski definition) is 0. The van der Waals surface area contributed by atoms with Crippen molar-refractivity contribution in [3.05, 3.63) is 47.0 Å². The van der Waals surface area contributed by atoms with Crippen LogP contribution in [0.5, 0.6) is 0 Å². The zero-order valence-corrected chi connectivity index (χ0v) is 10.4. The molecular formula is C13H10ClFN2O. The number of hydrogen-bond acceptors (Lipinski definition) is 3. The van der Waals surface area contributed by atoms with Gasteiger partial charge in [-0.2, -0.15) is 0 Å². The van der Waals surface area contributed by atoms with Gasteiger partial charge in [-0.3, -0.25) is 4.79 Å². The van der Waals surface area contributed by atoms with E-state index in [-0.39, 0.29) is 11.6 Å². The molecule has 0 aliphatic rings. The molecule has 1 heterocycles. The summed E-state index contributed by atoms with van der Waals surface area (Å²) in [5, 5.41) is 0.454. The van der Waals surface area contributed by atoms with Crippen LogP contribution in [-0.2, 0) is 6.67 Å². The normalized spacial score (nSPS) is 10.4. The molecule has 0 atom stereocenters. The first-order valence-corrected chi connectivity index (χ1v) is 5.66. The first-order valence-electron chi connectivity index (χ1n) is 5.29. The fourth-order valence-corrected chi connectivity index (χ4v) is 1.81. The number of benzene rings is 1. The number of Topliss-reactive ketones (excluding diaryl/α,β-unsaturated/α-hetero) is 1. The second-order valence-corrected chi connectivity index (χ2v) is 4.27. The summed E-state index contributed by atoms with van der Waals surface area (Å²) in [6, 6.07) is 4.95. The lowest BCUT2D eigenvalue weighted by Gasteiger charge is -2.04. The maximum absolute atomic E-state index is 12.6. The van der Waals surface area contributed by atoms with Crippen LogP contribution in [0, 0.1) is 0 Å². The van der Waals surface area contributed by atoms with E-state index in [9.17, 15) is 9.18 Å². The van der Waals surface area contributed by atoms with Gasteiger partial charge in [-0.25, -0.2) is 14.4 Å². The van der Waals surface area contributed by atoms with Crippen LogP contribution in [0.25, 0.3) is 11.1 Å². The summed E-state index contributed by atoms with van der Waals surface area (Å²) in [5.74, 6) is -0.0383. The average molecular weight is 265 g/mol. The van der Waals surface area contributed by atoms with E-state index in [4.69, 9.17) is 11.6 Å². The van der Waals surface area contributed by atoms with E-state index in [0.29, 0.717) is 16.1 Å². The Morgan fingerprint density at radius 2 is 1.89 bits per heavy atom. The molecule has 0 aliphatic carbocycles. The van der Waals surface area contributed by atoms with Crippen molar-refractivity contribution in [3.8, 4) is 11.1 Å². The summed E-state index contributed by atoms with van der Waals surface area (Å²) in [5.41, 5.74) is 1.91. The van der Waals surface area contributed by atoms with E-state index in [1.165, 1.54) is 19.3 Å². The largest absolute Gasteiger partial charge is 0.291 e. The number of halogens is 2. The van der Waals surface area contributed by atoms with Crippen molar-refractivity contribution in [1.29, 1.82) is 0 Å². The average Bonchev–Trinajstić information content (AvgIpc) is 2.38. The van der Waals surface area contributed by atoms with E-state index in [1.54, 1.807) is 18.2 Å². The molecule has 2 aromatic rings. The van der Waals surface area contributed by atoms with Gasteiger partial charge in [0.05, 0.1) is 0 Å². The highest BCUT2D eigenvalue weighted by atomic mass is 35.5. The van der Waals surface area contributed by atoms with Crippen molar-refractivity contribution >= 4 is 17.4 Å². The number of carbonyl (C=O) groups excluding carboxylic acids is 1. The SMILES string of the molecule is CC(=O)c1ncc(-c2cc(Cl)cc(CF)c2)cn1. The van der Waals surface area contributed by atoms with Gasteiger partial charge in [0.25, 0.3) is 0 Å². The molecule has 0 amide bonds. The second-order valence-electron chi connectivity index (χ2n) is 3.83. The summed E-state index contributed by atoms with van der Waals surface area (Å²) < 4.78 is 12.6. The predicted molar refractivity (Wildman–Crippen MR) is 67.3 cm³/mol. The lowest BCUT2D eigenvalue weighted by molar-refractivity contribution is 0.100. The summed E-state index contributed by atoms with van der Waals surface area (Å²) in [7, 11) is 0. The van der Waals surface area contributed by atoms with Gasteiger partial charge in [0.2, 0.25) is 0 Å². The number of nitrogens with zero attached hydrogens (tertiary/aromatic N) is 2. The molecule has 0 spiro atoms. The Morgan fingerprint density at radius 1 is 1.22 bits per heavy atom. The Bertz CT molecular complexity index is 584. The van der Waals surface area contributed by atoms with Crippen molar-refractivity contribution in [2.24, 2.45) is 0 Å². The van der Waals surface area contributed by atoms with Crippen molar-refractivity contribution in [3.63, 3.8) is 0 Å². The Balaban J connectivity index is 2.42. The first kappa shape index (κ1) is 12.6. The number of rotatable bonds is 3. The van der Waals surface area contributed by atoms with Crippen molar-refractivity contribution in [2.45, 2.75) is 13.6 Å². The van der Waals surface area contributed by atoms with E-state index in [0.717, 1.165) is 5.56 Å². The third-order valence-corrected chi connectivity index (χ3v) is 2.63. The standard InChI is InChI=1S/C13H10ClFN2O/c1-8(18)13-16-6-11(7-17-13)10-2-9(5-15)3-12(14)4-10/h2-4,6-7H,5H2,1H3. The van der Waals surface area contributed by atoms with Gasteiger partial charge in [0.1, 0.15) is 6.67 Å².